The fourth-order valence-electron chi connectivity index (χ4n) is 1.81. The van der Waals surface area contributed by atoms with Crippen LogP contribution in [0.3, 0.4) is 0 Å². The third-order valence-electron chi connectivity index (χ3n) is 2.87. The van der Waals surface area contributed by atoms with Gasteiger partial charge in [-0.15, -0.1) is 11.3 Å². The van der Waals surface area contributed by atoms with Crippen LogP contribution in [0.1, 0.15) is 19.3 Å². The molecule has 7 heteroatoms. The van der Waals surface area contributed by atoms with E-state index in [1.807, 2.05) is 0 Å². The smallest absolute Gasteiger partial charge is 0.266 e. The molecule has 3 aromatic rings. The van der Waals surface area contributed by atoms with E-state index < -0.39 is 0 Å². The summed E-state index contributed by atoms with van der Waals surface area (Å²) in [4.78, 5) is 33.2. The van der Waals surface area contributed by atoms with Crippen LogP contribution in [0.15, 0.2) is 60.9 Å². The molecule has 0 fully saturated rings. The molecule has 0 aliphatic carbocycles. The number of anilines is 2. The zero-order valence-corrected chi connectivity index (χ0v) is 12.7. The third kappa shape index (κ3) is 3.78. The molecule has 0 saturated heterocycles. The summed E-state index contributed by atoms with van der Waals surface area (Å²) in [5, 5.41) is 5.35. The molecular formula is C16H12N4O2S. The van der Waals surface area contributed by atoms with E-state index in [2.05, 4.69) is 20.6 Å². The van der Waals surface area contributed by atoms with Crippen LogP contribution in [-0.2, 0) is 0 Å². The number of hydrogen-bond donors (Lipinski definition) is 2. The van der Waals surface area contributed by atoms with E-state index in [0.717, 1.165) is 11.3 Å². The molecule has 0 unspecified atom stereocenters. The number of carbonyl (C=O) groups is 2. The van der Waals surface area contributed by atoms with Gasteiger partial charge in [0.1, 0.15) is 11.6 Å². The zero-order valence-electron chi connectivity index (χ0n) is 11.9. The Balaban J connectivity index is 1.68. The Bertz CT molecular complexity index is 750. The lowest BCUT2D eigenvalue weighted by molar-refractivity contribution is 0.102. The molecule has 114 valence electrons. The minimum Gasteiger partial charge on any atom is -0.306 e. The molecule has 0 aromatic carbocycles. The van der Waals surface area contributed by atoms with E-state index in [0.29, 0.717) is 21.4 Å². The van der Waals surface area contributed by atoms with Crippen LogP contribution in [0.2, 0.25) is 0 Å². The summed E-state index contributed by atoms with van der Waals surface area (Å²) in [6.07, 6.45) is 3.19. The molecule has 0 aliphatic rings. The highest BCUT2D eigenvalue weighted by molar-refractivity contribution is 7.16. The van der Waals surface area contributed by atoms with Crippen LogP contribution in [0.25, 0.3) is 0 Å². The van der Waals surface area contributed by atoms with E-state index >= 15 is 0 Å². The molecule has 0 spiro atoms. The average molecular weight is 324 g/mol. The first kappa shape index (κ1) is 14.9. The average Bonchev–Trinajstić information content (AvgIpc) is 3.07. The number of nitrogens with zero attached hydrogens (tertiary/aromatic N) is 2. The van der Waals surface area contributed by atoms with Crippen molar-refractivity contribution in [2.75, 3.05) is 10.6 Å². The predicted molar refractivity (Wildman–Crippen MR) is 88.7 cm³/mol. The van der Waals surface area contributed by atoms with Gasteiger partial charge in [0, 0.05) is 12.4 Å². The summed E-state index contributed by atoms with van der Waals surface area (Å²) in [5.41, 5.74) is 0. The standard InChI is InChI=1S/C16H12N4O2S/c21-15(19-13-5-1-3-9-17-13)11-7-8-12(23-11)16(22)20-14-6-2-4-10-18-14/h1-10H,(H,17,19,21)(H,18,20,22). The third-order valence-corrected chi connectivity index (χ3v) is 3.95. The summed E-state index contributed by atoms with van der Waals surface area (Å²) in [6, 6.07) is 13.7. The van der Waals surface area contributed by atoms with Crippen molar-refractivity contribution in [3.8, 4) is 0 Å². The largest absolute Gasteiger partial charge is 0.306 e. The van der Waals surface area contributed by atoms with Gasteiger partial charge in [0.25, 0.3) is 11.8 Å². The van der Waals surface area contributed by atoms with Gasteiger partial charge in [-0.2, -0.15) is 0 Å². The normalized spacial score (nSPS) is 10.1. The van der Waals surface area contributed by atoms with Crippen LogP contribution >= 0.6 is 11.3 Å². The monoisotopic (exact) mass is 324 g/mol. The van der Waals surface area contributed by atoms with Crippen LogP contribution in [0.5, 0.6) is 0 Å². The quantitative estimate of drug-likeness (QED) is 0.772. The Kier molecular flexibility index (Phi) is 4.39. The molecule has 0 atom stereocenters. The topological polar surface area (TPSA) is 84.0 Å². The van der Waals surface area contributed by atoms with Crippen molar-refractivity contribution in [1.29, 1.82) is 0 Å². The maximum Gasteiger partial charge on any atom is 0.266 e. The van der Waals surface area contributed by atoms with Gasteiger partial charge in [0.2, 0.25) is 0 Å². The van der Waals surface area contributed by atoms with Gasteiger partial charge in [0.15, 0.2) is 0 Å². The summed E-state index contributed by atoms with van der Waals surface area (Å²) >= 11 is 1.11. The minimum absolute atomic E-state index is 0.300. The van der Waals surface area contributed by atoms with Crippen molar-refractivity contribution in [1.82, 2.24) is 9.97 Å². The van der Waals surface area contributed by atoms with Crippen molar-refractivity contribution in [3.63, 3.8) is 0 Å². The Morgan fingerprint density at radius 1 is 0.739 bits per heavy atom. The number of pyridine rings is 2. The summed E-state index contributed by atoms with van der Waals surface area (Å²) in [7, 11) is 0. The van der Waals surface area contributed by atoms with Gasteiger partial charge >= 0.3 is 0 Å². The number of hydrogen-bond acceptors (Lipinski definition) is 5. The summed E-state index contributed by atoms with van der Waals surface area (Å²) in [6.45, 7) is 0. The van der Waals surface area contributed by atoms with Gasteiger partial charge < -0.3 is 10.6 Å². The van der Waals surface area contributed by atoms with E-state index in [9.17, 15) is 9.59 Å². The lowest BCUT2D eigenvalue weighted by Crippen LogP contribution is -2.12. The first-order chi connectivity index (χ1) is 11.2. The van der Waals surface area contributed by atoms with Gasteiger partial charge in [-0.3, -0.25) is 9.59 Å². The van der Waals surface area contributed by atoms with Crippen molar-refractivity contribution in [2.24, 2.45) is 0 Å². The molecule has 23 heavy (non-hydrogen) atoms. The molecule has 0 aliphatic heterocycles. The molecule has 3 aromatic heterocycles. The van der Waals surface area contributed by atoms with Crippen molar-refractivity contribution in [3.05, 3.63) is 70.7 Å². The lowest BCUT2D eigenvalue weighted by Gasteiger charge is -2.02. The second-order valence-corrected chi connectivity index (χ2v) is 5.59. The molecule has 2 N–H and O–H groups in total. The van der Waals surface area contributed by atoms with Crippen LogP contribution in [0.4, 0.5) is 11.6 Å². The lowest BCUT2D eigenvalue weighted by atomic mass is 10.3. The van der Waals surface area contributed by atoms with Crippen molar-refractivity contribution < 1.29 is 9.59 Å². The van der Waals surface area contributed by atoms with Crippen molar-refractivity contribution in [2.45, 2.75) is 0 Å². The van der Waals surface area contributed by atoms with Crippen molar-refractivity contribution >= 4 is 34.8 Å². The Morgan fingerprint density at radius 3 is 1.61 bits per heavy atom. The molecule has 3 heterocycles. The summed E-state index contributed by atoms with van der Waals surface area (Å²) < 4.78 is 0. The number of amides is 2. The van der Waals surface area contributed by atoms with E-state index in [1.54, 1.807) is 60.9 Å². The maximum absolute atomic E-state index is 12.1. The maximum atomic E-state index is 12.1. The Labute approximate surface area is 136 Å². The highest BCUT2D eigenvalue weighted by atomic mass is 32.1. The number of carbonyl (C=O) groups excluding carboxylic acids is 2. The van der Waals surface area contributed by atoms with Crippen LogP contribution in [0, 0.1) is 0 Å². The van der Waals surface area contributed by atoms with Gasteiger partial charge in [0.05, 0.1) is 9.75 Å². The second kappa shape index (κ2) is 6.80. The fourth-order valence-corrected chi connectivity index (χ4v) is 2.61. The van der Waals surface area contributed by atoms with E-state index in [-0.39, 0.29) is 11.8 Å². The van der Waals surface area contributed by atoms with Gasteiger partial charge in [-0.1, -0.05) is 12.1 Å². The second-order valence-electron chi connectivity index (χ2n) is 4.50. The van der Waals surface area contributed by atoms with E-state index in [4.69, 9.17) is 0 Å². The number of thiophene rings is 1. The molecule has 0 radical (unpaired) electrons. The number of rotatable bonds is 4. The fraction of sp³-hybridized carbons (Fsp3) is 0. The minimum atomic E-state index is -0.300. The van der Waals surface area contributed by atoms with Gasteiger partial charge in [-0.25, -0.2) is 9.97 Å². The molecule has 6 nitrogen and oxygen atoms in total. The first-order valence-electron chi connectivity index (χ1n) is 6.77. The van der Waals surface area contributed by atoms with Gasteiger partial charge in [-0.05, 0) is 36.4 Å². The highest BCUT2D eigenvalue weighted by Crippen LogP contribution is 2.19. The Morgan fingerprint density at radius 2 is 1.22 bits per heavy atom. The first-order valence-corrected chi connectivity index (χ1v) is 7.58. The number of nitrogens with one attached hydrogen (secondary N) is 2. The van der Waals surface area contributed by atoms with E-state index in [1.165, 1.54) is 0 Å². The Hall–Kier alpha value is -3.06. The predicted octanol–water partition coefficient (Wildman–Crippen LogP) is 3.04. The molecule has 0 bridgehead atoms. The number of aromatic nitrogens is 2. The summed E-state index contributed by atoms with van der Waals surface area (Å²) in [5.74, 6) is 0.326. The molecule has 2 amide bonds. The molecule has 3 rings (SSSR count). The molecule has 0 saturated carbocycles. The molecular weight excluding hydrogens is 312 g/mol. The highest BCUT2D eigenvalue weighted by Gasteiger charge is 2.14. The van der Waals surface area contributed by atoms with Crippen LogP contribution < -0.4 is 10.6 Å². The SMILES string of the molecule is O=C(Nc1ccccn1)c1ccc(C(=O)Nc2ccccn2)s1. The van der Waals surface area contributed by atoms with Crippen LogP contribution in [-0.4, -0.2) is 21.8 Å². The zero-order chi connectivity index (χ0) is 16.1.